The molecular weight excluding hydrogens is 270 g/mol. The number of amides is 1. The van der Waals surface area contributed by atoms with Crippen LogP contribution in [0.3, 0.4) is 0 Å². The molecule has 100 valence electrons. The normalized spacial score (nSPS) is 12.1. The van der Waals surface area contributed by atoms with Gasteiger partial charge in [-0.2, -0.15) is 11.3 Å². The van der Waals surface area contributed by atoms with Crippen molar-refractivity contribution in [2.75, 3.05) is 6.54 Å². The van der Waals surface area contributed by atoms with E-state index in [0.29, 0.717) is 5.56 Å². The molecule has 0 aromatic carbocycles. The Hall–Kier alpha value is -2.19. The molecule has 0 saturated heterocycles. The molecule has 19 heavy (non-hydrogen) atoms. The van der Waals surface area contributed by atoms with Gasteiger partial charge in [-0.25, -0.2) is 4.79 Å². The Balaban J connectivity index is 2.02. The third-order valence-corrected chi connectivity index (χ3v) is 3.15. The van der Waals surface area contributed by atoms with Gasteiger partial charge in [0.25, 0.3) is 11.5 Å². The van der Waals surface area contributed by atoms with E-state index in [4.69, 9.17) is 0 Å². The van der Waals surface area contributed by atoms with Crippen molar-refractivity contribution in [3.05, 3.63) is 55.0 Å². The first-order chi connectivity index (χ1) is 9.08. The van der Waals surface area contributed by atoms with Crippen molar-refractivity contribution >= 4 is 17.2 Å². The molecule has 0 spiro atoms. The van der Waals surface area contributed by atoms with Gasteiger partial charge < -0.3 is 15.4 Å². The minimum absolute atomic E-state index is 0.0197. The number of aromatic amines is 2. The highest BCUT2D eigenvalue weighted by molar-refractivity contribution is 7.07. The number of hydrogen-bond donors (Lipinski definition) is 4. The smallest absolute Gasteiger partial charge is 0.325 e. The minimum atomic E-state index is -0.836. The summed E-state index contributed by atoms with van der Waals surface area (Å²) in [6, 6.07) is 1.74. The lowest BCUT2D eigenvalue weighted by Gasteiger charge is -2.09. The fraction of sp³-hybridized carbons (Fsp3) is 0.182. The summed E-state index contributed by atoms with van der Waals surface area (Å²) in [5.74, 6) is -0.660. The van der Waals surface area contributed by atoms with Crippen molar-refractivity contribution in [2.45, 2.75) is 6.10 Å². The first kappa shape index (κ1) is 13.2. The zero-order valence-electron chi connectivity index (χ0n) is 9.67. The van der Waals surface area contributed by atoms with Gasteiger partial charge in [-0.3, -0.25) is 14.6 Å². The molecule has 7 nitrogen and oxygen atoms in total. The molecule has 4 N–H and O–H groups in total. The molecule has 0 saturated carbocycles. The van der Waals surface area contributed by atoms with E-state index in [1.807, 2.05) is 10.4 Å². The lowest BCUT2D eigenvalue weighted by Crippen LogP contribution is -2.35. The predicted molar refractivity (Wildman–Crippen MR) is 69.3 cm³/mol. The van der Waals surface area contributed by atoms with Crippen LogP contribution in [0.15, 0.2) is 32.6 Å². The van der Waals surface area contributed by atoms with Crippen molar-refractivity contribution < 1.29 is 9.90 Å². The molecule has 2 aromatic heterocycles. The van der Waals surface area contributed by atoms with Crippen molar-refractivity contribution in [3.8, 4) is 0 Å². The van der Waals surface area contributed by atoms with Gasteiger partial charge in [0.2, 0.25) is 0 Å². The first-order valence-corrected chi connectivity index (χ1v) is 6.32. The second kappa shape index (κ2) is 5.63. The Labute approximate surface area is 110 Å². The number of H-pyrrole nitrogens is 2. The molecule has 0 fully saturated rings. The van der Waals surface area contributed by atoms with Crippen LogP contribution in [-0.4, -0.2) is 27.5 Å². The van der Waals surface area contributed by atoms with Crippen molar-refractivity contribution in [1.82, 2.24) is 15.3 Å². The fourth-order valence-corrected chi connectivity index (χ4v) is 2.15. The van der Waals surface area contributed by atoms with E-state index in [0.717, 1.165) is 6.20 Å². The Morgan fingerprint density at radius 1 is 1.47 bits per heavy atom. The summed E-state index contributed by atoms with van der Waals surface area (Å²) < 4.78 is 0. The maximum Gasteiger partial charge on any atom is 0.325 e. The summed E-state index contributed by atoms with van der Waals surface area (Å²) in [7, 11) is 0. The van der Waals surface area contributed by atoms with Crippen LogP contribution in [0.25, 0.3) is 0 Å². The number of hydrogen-bond acceptors (Lipinski definition) is 5. The highest BCUT2D eigenvalue weighted by Crippen LogP contribution is 2.14. The summed E-state index contributed by atoms with van der Waals surface area (Å²) in [4.78, 5) is 38.0. The zero-order chi connectivity index (χ0) is 13.8. The van der Waals surface area contributed by atoms with E-state index >= 15 is 0 Å². The lowest BCUT2D eigenvalue weighted by molar-refractivity contribution is 0.0914. The second-order valence-electron chi connectivity index (χ2n) is 3.77. The average Bonchev–Trinajstić information content (AvgIpc) is 2.89. The Morgan fingerprint density at radius 2 is 2.26 bits per heavy atom. The van der Waals surface area contributed by atoms with Crippen molar-refractivity contribution in [1.29, 1.82) is 0 Å². The molecule has 0 radical (unpaired) electrons. The van der Waals surface area contributed by atoms with Crippen LogP contribution in [0.1, 0.15) is 22.0 Å². The molecule has 1 amide bonds. The molecule has 2 rings (SSSR count). The molecule has 2 heterocycles. The van der Waals surface area contributed by atoms with Crippen LogP contribution in [0, 0.1) is 0 Å². The number of thiophene rings is 1. The van der Waals surface area contributed by atoms with Gasteiger partial charge in [0, 0.05) is 12.7 Å². The maximum atomic E-state index is 11.7. The third-order valence-electron chi connectivity index (χ3n) is 2.45. The first-order valence-electron chi connectivity index (χ1n) is 5.38. The summed E-state index contributed by atoms with van der Waals surface area (Å²) in [5.41, 5.74) is -0.969. The molecule has 0 aliphatic rings. The minimum Gasteiger partial charge on any atom is -0.387 e. The summed E-state index contributed by atoms with van der Waals surface area (Å²) in [5, 5.41) is 15.8. The Kier molecular flexibility index (Phi) is 3.93. The fourth-order valence-electron chi connectivity index (χ4n) is 1.45. The SMILES string of the molecule is O=C(NCC(O)c1ccsc1)c1c[nH]c(=O)[nH]c1=O. The number of carbonyl (C=O) groups is 1. The van der Waals surface area contributed by atoms with Gasteiger partial charge >= 0.3 is 5.69 Å². The van der Waals surface area contributed by atoms with E-state index < -0.39 is 23.3 Å². The Bertz CT molecular complexity index is 674. The van der Waals surface area contributed by atoms with Crippen molar-refractivity contribution in [2.24, 2.45) is 0 Å². The van der Waals surface area contributed by atoms with Gasteiger partial charge in [0.1, 0.15) is 5.56 Å². The van der Waals surface area contributed by atoms with E-state index in [9.17, 15) is 19.5 Å². The highest BCUT2D eigenvalue weighted by atomic mass is 32.1. The standard InChI is InChI=1S/C11H11N3O4S/c15-8(6-1-2-19-5-6)4-12-9(16)7-3-13-11(18)14-10(7)17/h1-3,5,8,15H,4H2,(H,12,16)(H2,13,14,17,18). The molecule has 0 aliphatic heterocycles. The highest BCUT2D eigenvalue weighted by Gasteiger charge is 2.13. The molecule has 2 aromatic rings. The van der Waals surface area contributed by atoms with E-state index in [1.165, 1.54) is 11.3 Å². The molecule has 1 unspecified atom stereocenters. The largest absolute Gasteiger partial charge is 0.387 e. The lowest BCUT2D eigenvalue weighted by atomic mass is 10.2. The summed E-state index contributed by atoms with van der Waals surface area (Å²) in [6.45, 7) is -0.0197. The van der Waals surface area contributed by atoms with Gasteiger partial charge in [-0.05, 0) is 22.4 Å². The molecule has 0 aliphatic carbocycles. The van der Waals surface area contributed by atoms with Crippen LogP contribution in [0.4, 0.5) is 0 Å². The Morgan fingerprint density at radius 3 is 2.89 bits per heavy atom. The third kappa shape index (κ3) is 3.18. The second-order valence-corrected chi connectivity index (χ2v) is 4.55. The summed E-state index contributed by atoms with van der Waals surface area (Å²) in [6.07, 6.45) is 0.199. The number of aromatic nitrogens is 2. The van der Waals surface area contributed by atoms with Gasteiger partial charge in [-0.15, -0.1) is 0 Å². The monoisotopic (exact) mass is 281 g/mol. The zero-order valence-corrected chi connectivity index (χ0v) is 10.5. The van der Waals surface area contributed by atoms with Crippen LogP contribution in [-0.2, 0) is 0 Å². The predicted octanol–water partition coefficient (Wildman–Crippen LogP) is -0.412. The van der Waals surface area contributed by atoms with E-state index in [2.05, 4.69) is 10.3 Å². The van der Waals surface area contributed by atoms with Gasteiger partial charge in [-0.1, -0.05) is 0 Å². The average molecular weight is 281 g/mol. The molecule has 8 heteroatoms. The topological polar surface area (TPSA) is 115 Å². The number of aliphatic hydroxyl groups is 1. The number of carbonyl (C=O) groups excluding carboxylic acids is 1. The van der Waals surface area contributed by atoms with Gasteiger partial charge in [0.05, 0.1) is 6.10 Å². The van der Waals surface area contributed by atoms with Crippen molar-refractivity contribution in [3.63, 3.8) is 0 Å². The number of rotatable bonds is 4. The number of nitrogens with one attached hydrogen (secondary N) is 3. The molecular formula is C11H11N3O4S. The molecule has 0 bridgehead atoms. The quantitative estimate of drug-likeness (QED) is 0.609. The number of aliphatic hydroxyl groups excluding tert-OH is 1. The van der Waals surface area contributed by atoms with Crippen LogP contribution >= 0.6 is 11.3 Å². The summed E-state index contributed by atoms with van der Waals surface area (Å²) >= 11 is 1.44. The van der Waals surface area contributed by atoms with Gasteiger partial charge in [0.15, 0.2) is 0 Å². The van der Waals surface area contributed by atoms with E-state index in [-0.39, 0.29) is 12.1 Å². The van der Waals surface area contributed by atoms with Crippen LogP contribution in [0.5, 0.6) is 0 Å². The molecule has 1 atom stereocenters. The van der Waals surface area contributed by atoms with Crippen LogP contribution < -0.4 is 16.6 Å². The van der Waals surface area contributed by atoms with E-state index in [1.54, 1.807) is 11.4 Å². The maximum absolute atomic E-state index is 11.7. The van der Waals surface area contributed by atoms with Crippen LogP contribution in [0.2, 0.25) is 0 Å².